The van der Waals surface area contributed by atoms with E-state index in [4.69, 9.17) is 4.74 Å². The highest BCUT2D eigenvalue weighted by Crippen LogP contribution is 2.03. The van der Waals surface area contributed by atoms with E-state index in [9.17, 15) is 9.59 Å². The lowest BCUT2D eigenvalue weighted by Gasteiger charge is -2.06. The molecule has 0 saturated carbocycles. The second-order valence-corrected chi connectivity index (χ2v) is 5.37. The van der Waals surface area contributed by atoms with Crippen molar-refractivity contribution in [3.63, 3.8) is 0 Å². The Balaban J connectivity index is 1.64. The molecule has 124 valence electrons. The minimum Gasteiger partial charge on any atom is -0.461 e. The molecule has 4 nitrogen and oxygen atoms in total. The number of carbonyl (C=O) groups excluding carboxylic acids is 2. The van der Waals surface area contributed by atoms with Crippen LogP contribution in [0.2, 0.25) is 0 Å². The zero-order valence-electron chi connectivity index (χ0n) is 13.7. The zero-order valence-corrected chi connectivity index (χ0v) is 13.7. The van der Waals surface area contributed by atoms with Gasteiger partial charge in [-0.1, -0.05) is 54.1 Å². The topological polar surface area (TPSA) is 55.4 Å². The van der Waals surface area contributed by atoms with Crippen LogP contribution in [0.5, 0.6) is 0 Å². The number of rotatable bonds is 7. The van der Waals surface area contributed by atoms with Crippen molar-refractivity contribution < 1.29 is 14.3 Å². The minimum absolute atomic E-state index is 0.150. The molecule has 2 aromatic carbocycles. The molecule has 4 heteroatoms. The van der Waals surface area contributed by atoms with Crippen molar-refractivity contribution in [2.75, 3.05) is 13.2 Å². The number of aryl methyl sites for hydroxylation is 1. The van der Waals surface area contributed by atoms with Gasteiger partial charge in [-0.3, -0.25) is 9.59 Å². The maximum atomic E-state index is 11.9. The highest BCUT2D eigenvalue weighted by atomic mass is 16.5. The highest BCUT2D eigenvalue weighted by molar-refractivity contribution is 5.94. The van der Waals surface area contributed by atoms with Crippen LogP contribution in [-0.4, -0.2) is 25.0 Å². The molecule has 0 atom stereocenters. The molecule has 0 bridgehead atoms. The molecule has 0 radical (unpaired) electrons. The van der Waals surface area contributed by atoms with Gasteiger partial charge in [0.05, 0.1) is 6.42 Å². The Morgan fingerprint density at radius 2 is 1.88 bits per heavy atom. The van der Waals surface area contributed by atoms with Crippen LogP contribution < -0.4 is 5.32 Å². The molecule has 0 saturated heterocycles. The van der Waals surface area contributed by atoms with E-state index in [1.54, 1.807) is 12.1 Å². The molecule has 0 aliphatic rings. The van der Waals surface area contributed by atoms with E-state index in [0.717, 1.165) is 11.1 Å². The molecule has 0 spiro atoms. The maximum absolute atomic E-state index is 11.9. The summed E-state index contributed by atoms with van der Waals surface area (Å²) in [6.45, 7) is 2.41. The monoisotopic (exact) mass is 323 g/mol. The molecule has 0 unspecified atom stereocenters. The standard InChI is InChI=1S/C20H21NO3/c1-16-7-5-11-18(15-16)20(23)21-13-12-19(22)24-14-6-10-17-8-3-2-4-9-17/h2-11,15H,12-14H2,1H3,(H,21,23). The summed E-state index contributed by atoms with van der Waals surface area (Å²) in [5.41, 5.74) is 2.67. The molecule has 0 heterocycles. The van der Waals surface area contributed by atoms with E-state index < -0.39 is 0 Å². The normalized spacial score (nSPS) is 10.5. The van der Waals surface area contributed by atoms with Gasteiger partial charge in [-0.2, -0.15) is 0 Å². The highest BCUT2D eigenvalue weighted by Gasteiger charge is 2.07. The Bertz CT molecular complexity index is 708. The van der Waals surface area contributed by atoms with Crippen molar-refractivity contribution in [1.82, 2.24) is 5.32 Å². The molecular formula is C20H21NO3. The molecule has 0 aliphatic carbocycles. The van der Waals surface area contributed by atoms with Crippen LogP contribution >= 0.6 is 0 Å². The number of carbonyl (C=O) groups is 2. The van der Waals surface area contributed by atoms with Crippen molar-refractivity contribution in [2.24, 2.45) is 0 Å². The zero-order chi connectivity index (χ0) is 17.2. The summed E-state index contributed by atoms with van der Waals surface area (Å²) in [6.07, 6.45) is 3.84. The predicted octanol–water partition coefficient (Wildman–Crippen LogP) is 3.37. The molecule has 24 heavy (non-hydrogen) atoms. The fourth-order valence-corrected chi connectivity index (χ4v) is 2.13. The van der Waals surface area contributed by atoms with Crippen molar-refractivity contribution in [1.29, 1.82) is 0 Å². The number of nitrogens with one attached hydrogen (secondary N) is 1. The number of hydrogen-bond donors (Lipinski definition) is 1. The summed E-state index contributed by atoms with van der Waals surface area (Å²) in [5.74, 6) is -0.521. The van der Waals surface area contributed by atoms with Gasteiger partial charge in [-0.05, 0) is 30.7 Å². The quantitative estimate of drug-likeness (QED) is 0.795. The van der Waals surface area contributed by atoms with E-state index >= 15 is 0 Å². The summed E-state index contributed by atoms with van der Waals surface area (Å²) in [4.78, 5) is 23.5. The van der Waals surface area contributed by atoms with Gasteiger partial charge in [-0.15, -0.1) is 0 Å². The Morgan fingerprint density at radius 1 is 1.08 bits per heavy atom. The Morgan fingerprint density at radius 3 is 2.62 bits per heavy atom. The molecular weight excluding hydrogens is 302 g/mol. The lowest BCUT2D eigenvalue weighted by atomic mass is 10.1. The molecule has 2 aromatic rings. The predicted molar refractivity (Wildman–Crippen MR) is 94.6 cm³/mol. The Labute approximate surface area is 142 Å². The lowest BCUT2D eigenvalue weighted by molar-refractivity contribution is -0.142. The molecule has 1 amide bonds. The number of hydrogen-bond acceptors (Lipinski definition) is 3. The van der Waals surface area contributed by atoms with Crippen LogP contribution in [0.25, 0.3) is 6.08 Å². The maximum Gasteiger partial charge on any atom is 0.307 e. The van der Waals surface area contributed by atoms with Gasteiger partial charge in [0.25, 0.3) is 5.91 Å². The third-order valence-electron chi connectivity index (χ3n) is 3.35. The van der Waals surface area contributed by atoms with Gasteiger partial charge < -0.3 is 10.1 Å². The van der Waals surface area contributed by atoms with Crippen molar-refractivity contribution in [3.05, 3.63) is 77.4 Å². The molecule has 0 aliphatic heterocycles. The number of benzene rings is 2. The van der Waals surface area contributed by atoms with Crippen LogP contribution in [0.3, 0.4) is 0 Å². The fraction of sp³-hybridized carbons (Fsp3) is 0.200. The third kappa shape index (κ3) is 6.08. The van der Waals surface area contributed by atoms with Crippen molar-refractivity contribution >= 4 is 18.0 Å². The first-order valence-electron chi connectivity index (χ1n) is 7.87. The van der Waals surface area contributed by atoms with Crippen LogP contribution in [-0.2, 0) is 9.53 Å². The molecule has 0 aromatic heterocycles. The summed E-state index contributed by atoms with van der Waals surface area (Å²) in [7, 11) is 0. The fourth-order valence-electron chi connectivity index (χ4n) is 2.13. The van der Waals surface area contributed by atoms with E-state index in [2.05, 4.69) is 5.32 Å². The summed E-state index contributed by atoms with van der Waals surface area (Å²) < 4.78 is 5.09. The average Bonchev–Trinajstić information content (AvgIpc) is 2.59. The lowest BCUT2D eigenvalue weighted by Crippen LogP contribution is -2.26. The molecule has 1 N–H and O–H groups in total. The van der Waals surface area contributed by atoms with Gasteiger partial charge in [0.2, 0.25) is 0 Å². The number of amides is 1. The first-order valence-corrected chi connectivity index (χ1v) is 7.87. The second-order valence-electron chi connectivity index (χ2n) is 5.37. The smallest absolute Gasteiger partial charge is 0.307 e. The first kappa shape index (κ1) is 17.5. The van der Waals surface area contributed by atoms with Gasteiger partial charge >= 0.3 is 5.97 Å². The third-order valence-corrected chi connectivity index (χ3v) is 3.35. The van der Waals surface area contributed by atoms with E-state index in [1.165, 1.54) is 0 Å². The van der Waals surface area contributed by atoms with E-state index in [1.807, 2.05) is 61.5 Å². The van der Waals surface area contributed by atoms with Crippen LogP contribution in [0, 0.1) is 6.92 Å². The van der Waals surface area contributed by atoms with Crippen LogP contribution in [0.15, 0.2) is 60.7 Å². The summed E-state index contributed by atoms with van der Waals surface area (Å²) in [6, 6.07) is 17.1. The Hall–Kier alpha value is -2.88. The van der Waals surface area contributed by atoms with Crippen LogP contribution in [0.1, 0.15) is 27.9 Å². The van der Waals surface area contributed by atoms with E-state index in [0.29, 0.717) is 5.56 Å². The van der Waals surface area contributed by atoms with Crippen molar-refractivity contribution in [3.8, 4) is 0 Å². The molecule has 0 fully saturated rings. The van der Waals surface area contributed by atoms with Crippen LogP contribution in [0.4, 0.5) is 0 Å². The molecule has 2 rings (SSSR count). The van der Waals surface area contributed by atoms with Gasteiger partial charge in [0, 0.05) is 12.1 Å². The summed E-state index contributed by atoms with van der Waals surface area (Å²) >= 11 is 0. The first-order chi connectivity index (χ1) is 11.6. The Kier molecular flexibility index (Phi) is 6.77. The average molecular weight is 323 g/mol. The SMILES string of the molecule is Cc1cccc(C(=O)NCCC(=O)OCC=Cc2ccccc2)c1. The van der Waals surface area contributed by atoms with Gasteiger partial charge in [-0.25, -0.2) is 0 Å². The van der Waals surface area contributed by atoms with Gasteiger partial charge in [0.15, 0.2) is 0 Å². The number of esters is 1. The minimum atomic E-state index is -0.336. The summed E-state index contributed by atoms with van der Waals surface area (Å²) in [5, 5.41) is 2.72. The van der Waals surface area contributed by atoms with Crippen molar-refractivity contribution in [2.45, 2.75) is 13.3 Å². The number of ether oxygens (including phenoxy) is 1. The second kappa shape index (κ2) is 9.30. The van der Waals surface area contributed by atoms with E-state index in [-0.39, 0.29) is 31.4 Å². The largest absolute Gasteiger partial charge is 0.461 e. The van der Waals surface area contributed by atoms with Gasteiger partial charge in [0.1, 0.15) is 6.61 Å².